The lowest BCUT2D eigenvalue weighted by Crippen LogP contribution is -2.60. The van der Waals surface area contributed by atoms with Crippen molar-refractivity contribution in [2.45, 2.75) is 77.2 Å². The molecule has 1 heterocycles. The van der Waals surface area contributed by atoms with E-state index in [2.05, 4.69) is 0 Å². The molecule has 0 unspecified atom stereocenters. The van der Waals surface area contributed by atoms with Crippen LogP contribution >= 0.6 is 0 Å². The van der Waals surface area contributed by atoms with E-state index in [0.29, 0.717) is 11.1 Å². The van der Waals surface area contributed by atoms with Crippen molar-refractivity contribution in [1.29, 1.82) is 0 Å². The summed E-state index contributed by atoms with van der Waals surface area (Å²) in [6.45, 7) is 7.08. The van der Waals surface area contributed by atoms with Crippen LogP contribution in [0.15, 0.2) is 48.5 Å². The number of carbonyl (C=O) groups excluding carboxylic acids is 4. The Hall–Kier alpha value is -6.12. The van der Waals surface area contributed by atoms with Gasteiger partial charge in [-0.05, 0) is 78.4 Å². The lowest BCUT2D eigenvalue weighted by atomic mass is 9.63. The van der Waals surface area contributed by atoms with Crippen molar-refractivity contribution >= 4 is 23.5 Å². The largest absolute Gasteiger partial charge is 0.508 e. The molecular formula is C40H36O14. The minimum absolute atomic E-state index is 0.122. The van der Waals surface area contributed by atoms with Gasteiger partial charge < -0.3 is 49.6 Å². The summed E-state index contributed by atoms with van der Waals surface area (Å²) in [5.74, 6) is -7.59. The maximum Gasteiger partial charge on any atom is 0.303 e. The number of aliphatic hydroxyl groups excluding tert-OH is 1. The van der Waals surface area contributed by atoms with E-state index in [9.17, 15) is 49.8 Å². The van der Waals surface area contributed by atoms with Crippen molar-refractivity contribution < 1.29 is 68.8 Å². The van der Waals surface area contributed by atoms with Gasteiger partial charge in [0.1, 0.15) is 40.6 Å². The molecular weight excluding hydrogens is 704 g/mol. The van der Waals surface area contributed by atoms with Gasteiger partial charge in [-0.15, -0.1) is 0 Å². The molecule has 7 atom stereocenters. The SMILES string of the molecule is CC(=O)O[C@@H]1[C@@H](O)[C@H](C)O[C@@H](Oc2cc(O)c3c(c2)[C@H]([C@H]2c4cc(C)cc(O)c4C(=O)c4c(O)cc(O)cc42)c2cc(C)cc(O)c2C3=O)[C@@H]1OC(C)=O. The number of hydrogen-bond donors (Lipinski definition) is 6. The zero-order chi connectivity index (χ0) is 39.1. The van der Waals surface area contributed by atoms with E-state index in [4.69, 9.17) is 18.9 Å². The summed E-state index contributed by atoms with van der Waals surface area (Å²) in [4.78, 5) is 52.4. The van der Waals surface area contributed by atoms with E-state index in [0.717, 1.165) is 26.0 Å². The van der Waals surface area contributed by atoms with Crippen molar-refractivity contribution in [2.24, 2.45) is 0 Å². The van der Waals surface area contributed by atoms with Gasteiger partial charge in [0.2, 0.25) is 24.0 Å². The fraction of sp³-hybridized carbons (Fsp3) is 0.300. The molecule has 1 saturated heterocycles. The highest BCUT2D eigenvalue weighted by Gasteiger charge is 2.50. The fourth-order valence-corrected chi connectivity index (χ4v) is 8.04. The molecule has 1 aliphatic heterocycles. The normalized spacial score (nSPS) is 24.1. The Bertz CT molecular complexity index is 2230. The number of hydrogen-bond acceptors (Lipinski definition) is 14. The number of esters is 2. The zero-order valence-electron chi connectivity index (χ0n) is 29.6. The number of fused-ring (bicyclic) bond motifs is 4. The van der Waals surface area contributed by atoms with Gasteiger partial charge in [0.15, 0.2) is 6.10 Å². The molecule has 14 heteroatoms. The molecule has 0 aromatic heterocycles. The number of aromatic hydroxyl groups is 5. The fourth-order valence-electron chi connectivity index (χ4n) is 8.04. The molecule has 2 aliphatic carbocycles. The first kappa shape index (κ1) is 36.2. The van der Waals surface area contributed by atoms with Crippen LogP contribution in [0.2, 0.25) is 0 Å². The summed E-state index contributed by atoms with van der Waals surface area (Å²) in [7, 11) is 0. The number of ether oxygens (including phenoxy) is 4. The molecule has 0 saturated carbocycles. The number of benzene rings is 4. The van der Waals surface area contributed by atoms with Crippen LogP contribution in [0.5, 0.6) is 34.5 Å². The summed E-state index contributed by atoms with van der Waals surface area (Å²) in [5, 5.41) is 66.7. The second-order valence-corrected chi connectivity index (χ2v) is 13.9. The van der Waals surface area contributed by atoms with Crippen LogP contribution in [0.4, 0.5) is 0 Å². The van der Waals surface area contributed by atoms with E-state index >= 15 is 0 Å². The lowest BCUT2D eigenvalue weighted by Gasteiger charge is -2.42. The molecule has 1 fully saturated rings. The summed E-state index contributed by atoms with van der Waals surface area (Å²) < 4.78 is 22.8. The molecule has 0 spiro atoms. The van der Waals surface area contributed by atoms with Crippen molar-refractivity contribution in [3.8, 4) is 34.5 Å². The van der Waals surface area contributed by atoms with Crippen LogP contribution in [0, 0.1) is 13.8 Å². The van der Waals surface area contributed by atoms with Gasteiger partial charge in [-0.25, -0.2) is 0 Å². The third-order valence-corrected chi connectivity index (χ3v) is 10.0. The first-order chi connectivity index (χ1) is 25.5. The number of ketones is 2. The summed E-state index contributed by atoms with van der Waals surface area (Å²) in [5.41, 5.74) is 1.19. The third kappa shape index (κ3) is 5.83. The smallest absolute Gasteiger partial charge is 0.303 e. The van der Waals surface area contributed by atoms with Crippen LogP contribution in [0.25, 0.3) is 0 Å². The second-order valence-electron chi connectivity index (χ2n) is 13.9. The molecule has 0 bridgehead atoms. The first-order valence-corrected chi connectivity index (χ1v) is 17.0. The maximum absolute atomic E-state index is 14.3. The van der Waals surface area contributed by atoms with E-state index in [1.165, 1.54) is 31.2 Å². The lowest BCUT2D eigenvalue weighted by molar-refractivity contribution is -0.277. The van der Waals surface area contributed by atoms with Gasteiger partial charge in [0.25, 0.3) is 0 Å². The highest BCUT2D eigenvalue weighted by atomic mass is 16.7. The highest BCUT2D eigenvalue weighted by molar-refractivity contribution is 6.18. The number of rotatable bonds is 5. The molecule has 4 aromatic carbocycles. The third-order valence-electron chi connectivity index (χ3n) is 10.0. The molecule has 0 amide bonds. The van der Waals surface area contributed by atoms with Crippen molar-refractivity contribution in [3.63, 3.8) is 0 Å². The molecule has 7 rings (SSSR count). The number of carbonyl (C=O) groups is 4. The van der Waals surface area contributed by atoms with Gasteiger partial charge in [0.05, 0.1) is 28.4 Å². The predicted molar refractivity (Wildman–Crippen MR) is 186 cm³/mol. The van der Waals surface area contributed by atoms with Crippen molar-refractivity contribution in [1.82, 2.24) is 0 Å². The van der Waals surface area contributed by atoms with Gasteiger partial charge in [0, 0.05) is 37.8 Å². The predicted octanol–water partition coefficient (Wildman–Crippen LogP) is 4.23. The Morgan fingerprint density at radius 3 is 1.54 bits per heavy atom. The zero-order valence-corrected chi connectivity index (χ0v) is 29.6. The topological polar surface area (TPSA) is 227 Å². The van der Waals surface area contributed by atoms with E-state index in [1.807, 2.05) is 0 Å². The minimum atomic E-state index is -1.52. The second kappa shape index (κ2) is 13.1. The molecule has 3 aliphatic rings. The van der Waals surface area contributed by atoms with Crippen LogP contribution in [0.1, 0.15) is 97.8 Å². The number of aliphatic hydroxyl groups is 1. The molecule has 14 nitrogen and oxygen atoms in total. The highest BCUT2D eigenvalue weighted by Crippen LogP contribution is 2.57. The van der Waals surface area contributed by atoms with Crippen molar-refractivity contribution in [3.05, 3.63) is 104 Å². The first-order valence-electron chi connectivity index (χ1n) is 17.0. The van der Waals surface area contributed by atoms with Gasteiger partial charge in [-0.2, -0.15) is 0 Å². The monoisotopic (exact) mass is 740 g/mol. The van der Waals surface area contributed by atoms with Crippen LogP contribution in [0.3, 0.4) is 0 Å². The Morgan fingerprint density at radius 1 is 0.611 bits per heavy atom. The Kier molecular flexibility index (Phi) is 8.78. The molecule has 0 radical (unpaired) electrons. The van der Waals surface area contributed by atoms with Crippen LogP contribution in [-0.4, -0.2) is 84.9 Å². The average molecular weight is 741 g/mol. The summed E-state index contributed by atoms with van der Waals surface area (Å²) >= 11 is 0. The van der Waals surface area contributed by atoms with Crippen molar-refractivity contribution in [2.75, 3.05) is 0 Å². The van der Waals surface area contributed by atoms with E-state index in [-0.39, 0.29) is 67.5 Å². The van der Waals surface area contributed by atoms with Gasteiger partial charge in [-0.1, -0.05) is 12.1 Å². The molecule has 4 aromatic rings. The van der Waals surface area contributed by atoms with Gasteiger partial charge >= 0.3 is 11.9 Å². The maximum atomic E-state index is 14.3. The Balaban J connectivity index is 1.48. The molecule has 54 heavy (non-hydrogen) atoms. The van der Waals surface area contributed by atoms with Crippen LogP contribution in [-0.2, 0) is 23.8 Å². The number of phenols is 5. The van der Waals surface area contributed by atoms with E-state index in [1.54, 1.807) is 26.0 Å². The summed E-state index contributed by atoms with van der Waals surface area (Å²) in [6, 6.07) is 10.9. The van der Waals surface area contributed by atoms with Gasteiger partial charge in [-0.3, -0.25) is 19.2 Å². The molecule has 280 valence electrons. The van der Waals surface area contributed by atoms with Crippen LogP contribution < -0.4 is 4.74 Å². The summed E-state index contributed by atoms with van der Waals surface area (Å²) in [6.07, 6.45) is -6.86. The molecule has 6 N–H and O–H groups in total. The number of phenolic OH excluding ortho intramolecular Hbond substituents is 5. The quantitative estimate of drug-likeness (QED) is 0.158. The standard InChI is InChI=1S/C40H36O14/c1-14-6-21-29(23-10-19(43)11-27(46)33(23)36(49)31(21)25(44)8-14)30-22-7-15(2)9-26(45)32(22)37(50)34-24(30)12-20(13-28(34)47)54-40-39(53-18(5)42)38(52-17(4)41)35(48)16(3)51-40/h6-13,16,29-30,35,38-40,43-48H,1-5H3/t16-,29-,30+,35-,38+,39+,40-/m0/s1. The Morgan fingerprint density at radius 2 is 1.04 bits per heavy atom. The average Bonchev–Trinajstić information content (AvgIpc) is 3.04. The number of aryl methyl sites for hydroxylation is 2. The minimum Gasteiger partial charge on any atom is -0.508 e. The Labute approximate surface area is 307 Å². The van der Waals surface area contributed by atoms with E-state index < -0.39 is 77.5 Å².